The number of H-pyrrole nitrogens is 1. The van der Waals surface area contributed by atoms with Gasteiger partial charge in [-0.15, -0.1) is 0 Å². The largest absolute Gasteiger partial charge is 0.468 e. The molecule has 0 fully saturated rings. The third-order valence-electron chi connectivity index (χ3n) is 5.66. The highest BCUT2D eigenvalue weighted by Gasteiger charge is 2.18. The molecule has 0 radical (unpaired) electrons. The number of hydrogen-bond donors (Lipinski definition) is 2. The Bertz CT molecular complexity index is 1400. The van der Waals surface area contributed by atoms with Gasteiger partial charge >= 0.3 is 5.97 Å². The minimum atomic E-state index is -0.332. The smallest absolute Gasteiger partial charge is 0.319 e. The van der Waals surface area contributed by atoms with Crippen molar-refractivity contribution in [3.8, 4) is 11.3 Å². The molecule has 2 N–H and O–H groups in total. The highest BCUT2D eigenvalue weighted by Crippen LogP contribution is 2.35. The quantitative estimate of drug-likeness (QED) is 0.356. The normalized spacial score (nSPS) is 11.4. The van der Waals surface area contributed by atoms with Crippen LogP contribution in [0, 0.1) is 6.92 Å². The molecule has 4 aromatic rings. The number of aryl methyl sites for hydroxylation is 1. The van der Waals surface area contributed by atoms with E-state index in [4.69, 9.17) is 28.2 Å². The van der Waals surface area contributed by atoms with E-state index in [0.29, 0.717) is 28.8 Å². The fourth-order valence-corrected chi connectivity index (χ4v) is 4.15. The zero-order valence-corrected chi connectivity index (χ0v) is 20.5. The van der Waals surface area contributed by atoms with Crippen molar-refractivity contribution >= 4 is 56.9 Å². The van der Waals surface area contributed by atoms with Crippen molar-refractivity contribution in [3.05, 3.63) is 63.8 Å². The molecule has 2 heterocycles. The van der Waals surface area contributed by atoms with Gasteiger partial charge in [0.2, 0.25) is 0 Å². The summed E-state index contributed by atoms with van der Waals surface area (Å²) in [6.07, 6.45) is 0. The van der Waals surface area contributed by atoms with Crippen LogP contribution >= 0.6 is 23.2 Å². The standard InChI is InChI=1S/C25H24Cl2N4O3/c1-14-5-4-6-16-17-12-20(25(33)28-9-10-31(2)13-21(32)34-3)29-23(24(17)30-22(14)16)15-7-8-18(26)19(27)11-15/h4-8,11-12,30H,9-10,13H2,1-3H3,(H,28,33). The van der Waals surface area contributed by atoms with E-state index in [1.165, 1.54) is 7.11 Å². The molecule has 34 heavy (non-hydrogen) atoms. The number of esters is 1. The summed E-state index contributed by atoms with van der Waals surface area (Å²) in [5.41, 5.74) is 4.54. The summed E-state index contributed by atoms with van der Waals surface area (Å²) in [7, 11) is 3.13. The molecule has 7 nitrogen and oxygen atoms in total. The number of halogens is 2. The number of amides is 1. The Labute approximate surface area is 207 Å². The number of fused-ring (bicyclic) bond motifs is 3. The number of nitrogens with one attached hydrogen (secondary N) is 2. The maximum Gasteiger partial charge on any atom is 0.319 e. The van der Waals surface area contributed by atoms with Crippen LogP contribution in [0.5, 0.6) is 0 Å². The number of carbonyl (C=O) groups excluding carboxylic acids is 2. The number of nitrogens with zero attached hydrogens (tertiary/aromatic N) is 2. The first kappa shape index (κ1) is 24.0. The Morgan fingerprint density at radius 3 is 2.62 bits per heavy atom. The fraction of sp³-hybridized carbons (Fsp3) is 0.240. The lowest BCUT2D eigenvalue weighted by molar-refractivity contribution is -0.141. The van der Waals surface area contributed by atoms with Crippen LogP contribution in [0.4, 0.5) is 0 Å². The van der Waals surface area contributed by atoms with Crippen LogP contribution in [-0.4, -0.2) is 60.5 Å². The Hall–Kier alpha value is -3.13. The summed E-state index contributed by atoms with van der Waals surface area (Å²) in [6, 6.07) is 13.1. The average Bonchev–Trinajstić information content (AvgIpc) is 3.20. The van der Waals surface area contributed by atoms with Gasteiger partial charge in [0.15, 0.2) is 0 Å². The van der Waals surface area contributed by atoms with E-state index in [-0.39, 0.29) is 24.1 Å². The summed E-state index contributed by atoms with van der Waals surface area (Å²) in [5.74, 6) is -0.640. The molecule has 9 heteroatoms. The van der Waals surface area contributed by atoms with Gasteiger partial charge in [0.25, 0.3) is 5.91 Å². The zero-order valence-electron chi connectivity index (χ0n) is 19.0. The molecule has 2 aromatic heterocycles. The summed E-state index contributed by atoms with van der Waals surface area (Å²) in [5, 5.41) is 5.63. The Balaban J connectivity index is 1.72. The molecule has 0 spiro atoms. The third-order valence-corrected chi connectivity index (χ3v) is 6.40. The number of aromatic nitrogens is 2. The van der Waals surface area contributed by atoms with Crippen molar-refractivity contribution in [1.82, 2.24) is 20.2 Å². The SMILES string of the molecule is COC(=O)CN(C)CCNC(=O)c1cc2c([nH]c3c(C)cccc32)c(-c2ccc(Cl)c(Cl)c2)n1. The van der Waals surface area contributed by atoms with Crippen molar-refractivity contribution in [2.75, 3.05) is 33.8 Å². The molecule has 1 amide bonds. The first-order valence-electron chi connectivity index (χ1n) is 10.7. The molecule has 2 aromatic carbocycles. The van der Waals surface area contributed by atoms with Crippen LogP contribution in [0.15, 0.2) is 42.5 Å². The van der Waals surface area contributed by atoms with E-state index in [2.05, 4.69) is 15.0 Å². The van der Waals surface area contributed by atoms with Gasteiger partial charge in [-0.25, -0.2) is 4.98 Å². The topological polar surface area (TPSA) is 87.3 Å². The summed E-state index contributed by atoms with van der Waals surface area (Å²) < 4.78 is 4.67. The van der Waals surface area contributed by atoms with E-state index < -0.39 is 0 Å². The van der Waals surface area contributed by atoms with Gasteiger partial charge in [0, 0.05) is 34.9 Å². The molecule has 0 unspecified atom stereocenters. The number of likely N-dealkylation sites (N-methyl/N-ethyl adjacent to an activating group) is 1. The summed E-state index contributed by atoms with van der Waals surface area (Å²) >= 11 is 12.4. The Morgan fingerprint density at radius 2 is 1.88 bits per heavy atom. The Kier molecular flexibility index (Phi) is 7.07. The molecule has 0 saturated carbocycles. The molecule has 0 aliphatic rings. The van der Waals surface area contributed by atoms with Crippen molar-refractivity contribution < 1.29 is 14.3 Å². The van der Waals surface area contributed by atoms with Gasteiger partial charge in [0.1, 0.15) is 5.69 Å². The number of aromatic amines is 1. The van der Waals surface area contributed by atoms with Gasteiger partial charge in [0.05, 0.1) is 34.9 Å². The maximum absolute atomic E-state index is 13.0. The van der Waals surface area contributed by atoms with Crippen LogP contribution < -0.4 is 5.32 Å². The van der Waals surface area contributed by atoms with Crippen molar-refractivity contribution in [1.29, 1.82) is 0 Å². The monoisotopic (exact) mass is 498 g/mol. The van der Waals surface area contributed by atoms with Gasteiger partial charge in [-0.2, -0.15) is 0 Å². The van der Waals surface area contributed by atoms with Gasteiger partial charge < -0.3 is 15.0 Å². The van der Waals surface area contributed by atoms with Crippen molar-refractivity contribution in [3.63, 3.8) is 0 Å². The van der Waals surface area contributed by atoms with Gasteiger partial charge in [-0.05, 0) is 37.7 Å². The van der Waals surface area contributed by atoms with E-state index >= 15 is 0 Å². The number of rotatable bonds is 7. The van der Waals surface area contributed by atoms with Crippen LogP contribution in [-0.2, 0) is 9.53 Å². The predicted molar refractivity (Wildman–Crippen MR) is 136 cm³/mol. The lowest BCUT2D eigenvalue weighted by Crippen LogP contribution is -2.36. The summed E-state index contributed by atoms with van der Waals surface area (Å²) in [4.78, 5) is 34.4. The van der Waals surface area contributed by atoms with Crippen molar-refractivity contribution in [2.45, 2.75) is 6.92 Å². The molecular weight excluding hydrogens is 475 g/mol. The lowest BCUT2D eigenvalue weighted by Gasteiger charge is -2.15. The van der Waals surface area contributed by atoms with Crippen LogP contribution in [0.1, 0.15) is 16.1 Å². The third kappa shape index (κ3) is 4.87. The van der Waals surface area contributed by atoms with E-state index in [0.717, 1.165) is 32.9 Å². The number of pyridine rings is 1. The molecule has 0 atom stereocenters. The fourth-order valence-electron chi connectivity index (χ4n) is 3.85. The average molecular weight is 499 g/mol. The second-order valence-electron chi connectivity index (χ2n) is 8.10. The number of methoxy groups -OCH3 is 1. The highest BCUT2D eigenvalue weighted by atomic mass is 35.5. The number of benzene rings is 2. The second-order valence-corrected chi connectivity index (χ2v) is 8.91. The second kappa shape index (κ2) is 10.0. The van der Waals surface area contributed by atoms with Gasteiger partial charge in [-0.1, -0.05) is 47.5 Å². The van der Waals surface area contributed by atoms with Crippen molar-refractivity contribution in [2.24, 2.45) is 0 Å². The first-order chi connectivity index (χ1) is 16.3. The molecule has 0 bridgehead atoms. The number of carbonyl (C=O) groups is 2. The molecule has 176 valence electrons. The van der Waals surface area contributed by atoms with Crippen LogP contribution in [0.2, 0.25) is 10.0 Å². The summed E-state index contributed by atoms with van der Waals surface area (Å²) in [6.45, 7) is 3.01. The number of hydrogen-bond acceptors (Lipinski definition) is 5. The Morgan fingerprint density at radius 1 is 1.09 bits per heavy atom. The molecule has 0 aliphatic carbocycles. The lowest BCUT2D eigenvalue weighted by atomic mass is 10.1. The number of para-hydroxylation sites is 1. The van der Waals surface area contributed by atoms with Crippen LogP contribution in [0.25, 0.3) is 33.1 Å². The molecular formula is C25H24Cl2N4O3. The van der Waals surface area contributed by atoms with Crippen LogP contribution in [0.3, 0.4) is 0 Å². The first-order valence-corrected chi connectivity index (χ1v) is 11.4. The highest BCUT2D eigenvalue weighted by molar-refractivity contribution is 6.42. The molecule has 0 aliphatic heterocycles. The minimum absolute atomic E-state index is 0.146. The van der Waals surface area contributed by atoms with Gasteiger partial charge in [-0.3, -0.25) is 14.5 Å². The molecule has 0 saturated heterocycles. The predicted octanol–water partition coefficient (Wildman–Crippen LogP) is 4.83. The molecule has 4 rings (SSSR count). The van der Waals surface area contributed by atoms with E-state index in [1.807, 2.05) is 31.2 Å². The zero-order chi connectivity index (χ0) is 24.4. The number of ether oxygens (including phenoxy) is 1. The maximum atomic E-state index is 13.0. The van der Waals surface area contributed by atoms with E-state index in [1.54, 1.807) is 30.1 Å². The minimum Gasteiger partial charge on any atom is -0.468 e. The van der Waals surface area contributed by atoms with E-state index in [9.17, 15) is 9.59 Å².